The topological polar surface area (TPSA) is 116 Å². The molecule has 1 atom stereocenters. The molecular weight excluding hydrogens is 492 g/mol. The molecule has 2 aliphatic heterocycles. The number of nitrogens with two attached hydrogens (primary N) is 1. The van der Waals surface area contributed by atoms with Crippen molar-refractivity contribution < 1.29 is 9.53 Å². The van der Waals surface area contributed by atoms with Gasteiger partial charge in [-0.1, -0.05) is 6.07 Å². The number of hydrogen-bond acceptors (Lipinski definition) is 8. The molecular formula is C29H38N8O2. The monoisotopic (exact) mass is 530 g/mol. The van der Waals surface area contributed by atoms with E-state index in [1.165, 1.54) is 0 Å². The molecule has 2 saturated heterocycles. The third-order valence-electron chi connectivity index (χ3n) is 8.08. The van der Waals surface area contributed by atoms with Crippen LogP contribution in [0.25, 0.3) is 16.6 Å². The van der Waals surface area contributed by atoms with Gasteiger partial charge >= 0.3 is 0 Å². The van der Waals surface area contributed by atoms with Crippen molar-refractivity contribution in [3.05, 3.63) is 48.0 Å². The average molecular weight is 531 g/mol. The normalized spacial score (nSPS) is 18.8. The first-order valence-electron chi connectivity index (χ1n) is 13.9. The SMILES string of the molecule is CCOc1cc(-c2ccc(C(N3CCC(C(N)=O)CC3)N3CCN(C(C)C)CC3)nc2)c2c(C#N)cnn2c1. The van der Waals surface area contributed by atoms with Gasteiger partial charge in [-0.25, -0.2) is 4.52 Å². The summed E-state index contributed by atoms with van der Waals surface area (Å²) >= 11 is 0. The second kappa shape index (κ2) is 11.7. The number of piperidine rings is 1. The summed E-state index contributed by atoms with van der Waals surface area (Å²) in [5.41, 5.74) is 9.62. The van der Waals surface area contributed by atoms with Crippen molar-refractivity contribution in [1.82, 2.24) is 29.3 Å². The van der Waals surface area contributed by atoms with E-state index in [2.05, 4.69) is 51.8 Å². The number of hydrogen-bond donors (Lipinski definition) is 1. The number of ether oxygens (including phenoxy) is 1. The third kappa shape index (κ3) is 5.62. The minimum Gasteiger partial charge on any atom is -0.492 e. The van der Waals surface area contributed by atoms with E-state index in [4.69, 9.17) is 15.5 Å². The number of aromatic nitrogens is 3. The molecule has 1 unspecified atom stereocenters. The molecule has 2 aliphatic rings. The fourth-order valence-corrected chi connectivity index (χ4v) is 5.89. The number of primary amides is 1. The van der Waals surface area contributed by atoms with Gasteiger partial charge in [0.2, 0.25) is 5.91 Å². The number of amides is 1. The van der Waals surface area contributed by atoms with Crippen molar-refractivity contribution in [2.75, 3.05) is 45.9 Å². The minimum absolute atomic E-state index is 0.0293. The van der Waals surface area contributed by atoms with Crippen molar-refractivity contribution in [1.29, 1.82) is 5.26 Å². The molecule has 0 aliphatic carbocycles. The number of likely N-dealkylation sites (tertiary alicyclic amines) is 1. The van der Waals surface area contributed by atoms with Crippen LogP contribution in [0.15, 0.2) is 36.8 Å². The summed E-state index contributed by atoms with van der Waals surface area (Å²) in [7, 11) is 0. The van der Waals surface area contributed by atoms with Crippen LogP contribution < -0.4 is 10.5 Å². The molecule has 2 fully saturated rings. The van der Waals surface area contributed by atoms with Gasteiger partial charge in [0.1, 0.15) is 18.0 Å². The molecule has 206 valence electrons. The maximum Gasteiger partial charge on any atom is 0.220 e. The maximum atomic E-state index is 11.8. The van der Waals surface area contributed by atoms with E-state index in [0.717, 1.165) is 74.4 Å². The maximum absolute atomic E-state index is 11.8. The fourth-order valence-electron chi connectivity index (χ4n) is 5.89. The van der Waals surface area contributed by atoms with Crippen LogP contribution in [0.4, 0.5) is 0 Å². The smallest absolute Gasteiger partial charge is 0.220 e. The van der Waals surface area contributed by atoms with Crippen LogP contribution in [0.5, 0.6) is 5.75 Å². The summed E-state index contributed by atoms with van der Waals surface area (Å²) in [5.74, 6) is 0.436. The van der Waals surface area contributed by atoms with Crippen LogP contribution in [0.2, 0.25) is 0 Å². The molecule has 3 aromatic heterocycles. The second-order valence-corrected chi connectivity index (χ2v) is 10.7. The van der Waals surface area contributed by atoms with Gasteiger partial charge in [-0.05, 0) is 45.7 Å². The molecule has 0 aromatic carbocycles. The van der Waals surface area contributed by atoms with Gasteiger partial charge in [-0.3, -0.25) is 24.5 Å². The van der Waals surface area contributed by atoms with Crippen molar-refractivity contribution in [3.63, 3.8) is 0 Å². The Labute approximate surface area is 229 Å². The number of carbonyl (C=O) groups excluding carboxylic acids is 1. The molecule has 0 radical (unpaired) electrons. The Morgan fingerprint density at radius 2 is 1.79 bits per heavy atom. The molecule has 5 heterocycles. The summed E-state index contributed by atoms with van der Waals surface area (Å²) in [5, 5.41) is 14.1. The lowest BCUT2D eigenvalue weighted by molar-refractivity contribution is -0.124. The summed E-state index contributed by atoms with van der Waals surface area (Å²) in [6, 6.07) is 8.91. The Balaban J connectivity index is 1.47. The molecule has 3 aromatic rings. The predicted octanol–water partition coefficient (Wildman–Crippen LogP) is 2.89. The van der Waals surface area contributed by atoms with E-state index in [9.17, 15) is 10.1 Å². The Kier molecular flexibility index (Phi) is 8.12. The Morgan fingerprint density at radius 1 is 1.10 bits per heavy atom. The summed E-state index contributed by atoms with van der Waals surface area (Å²) in [4.78, 5) is 24.3. The van der Waals surface area contributed by atoms with Crippen LogP contribution >= 0.6 is 0 Å². The van der Waals surface area contributed by atoms with Crippen molar-refractivity contribution in [2.45, 2.75) is 45.8 Å². The molecule has 0 bridgehead atoms. The number of rotatable bonds is 8. The van der Waals surface area contributed by atoms with Gasteiger partial charge in [0, 0.05) is 68.6 Å². The highest BCUT2D eigenvalue weighted by Gasteiger charge is 2.34. The molecule has 1 amide bonds. The number of carbonyl (C=O) groups is 1. The largest absolute Gasteiger partial charge is 0.492 e. The van der Waals surface area contributed by atoms with E-state index in [-0.39, 0.29) is 18.0 Å². The standard InChI is InChI=1S/C29H38N8O2/c1-4-39-24-15-25(27-23(16-30)18-33-37(27)19-24)22-5-6-26(32-17-22)29(35-9-7-21(8-10-35)28(31)38)36-13-11-34(12-14-36)20(2)3/h5-6,15,17-21,29H,4,7-14H2,1-3H3,(H2,31,38). The first kappa shape index (κ1) is 27.1. The molecule has 39 heavy (non-hydrogen) atoms. The van der Waals surface area contributed by atoms with Gasteiger partial charge in [0.25, 0.3) is 0 Å². The van der Waals surface area contributed by atoms with E-state index < -0.39 is 0 Å². The third-order valence-corrected chi connectivity index (χ3v) is 8.08. The zero-order chi connectivity index (χ0) is 27.5. The van der Waals surface area contributed by atoms with Crippen molar-refractivity contribution in [3.8, 4) is 22.9 Å². The van der Waals surface area contributed by atoms with Crippen LogP contribution in [0, 0.1) is 17.2 Å². The Hall–Kier alpha value is -3.52. The van der Waals surface area contributed by atoms with Crippen molar-refractivity contribution in [2.24, 2.45) is 11.7 Å². The summed E-state index contributed by atoms with van der Waals surface area (Å²) in [6.07, 6.45) is 6.85. The van der Waals surface area contributed by atoms with Gasteiger partial charge in [-0.2, -0.15) is 10.4 Å². The minimum atomic E-state index is -0.198. The molecule has 5 rings (SSSR count). The average Bonchev–Trinajstić information content (AvgIpc) is 3.37. The Morgan fingerprint density at radius 3 is 2.38 bits per heavy atom. The lowest BCUT2D eigenvalue weighted by atomic mass is 9.95. The predicted molar refractivity (Wildman–Crippen MR) is 149 cm³/mol. The number of fused-ring (bicyclic) bond motifs is 1. The summed E-state index contributed by atoms with van der Waals surface area (Å²) < 4.78 is 7.48. The molecule has 0 saturated carbocycles. The fraction of sp³-hybridized carbons (Fsp3) is 0.517. The molecule has 2 N–H and O–H groups in total. The zero-order valence-electron chi connectivity index (χ0n) is 23.1. The molecule has 10 nitrogen and oxygen atoms in total. The molecule has 0 spiro atoms. The Bertz CT molecular complexity index is 1330. The first-order valence-corrected chi connectivity index (χ1v) is 13.9. The van der Waals surface area contributed by atoms with Crippen LogP contribution in [0.3, 0.4) is 0 Å². The highest BCUT2D eigenvalue weighted by molar-refractivity contribution is 5.85. The zero-order valence-corrected chi connectivity index (χ0v) is 23.1. The number of nitriles is 1. The second-order valence-electron chi connectivity index (χ2n) is 10.7. The highest BCUT2D eigenvalue weighted by Crippen LogP contribution is 2.34. The van der Waals surface area contributed by atoms with Gasteiger partial charge in [0.05, 0.1) is 35.8 Å². The quantitative estimate of drug-likeness (QED) is 0.473. The summed E-state index contributed by atoms with van der Waals surface area (Å²) in [6.45, 7) is 12.5. The molecule has 10 heteroatoms. The van der Waals surface area contributed by atoms with E-state index in [1.807, 2.05) is 19.2 Å². The van der Waals surface area contributed by atoms with Crippen LogP contribution in [-0.4, -0.2) is 87.1 Å². The van der Waals surface area contributed by atoms with Crippen molar-refractivity contribution >= 4 is 11.4 Å². The lowest BCUT2D eigenvalue weighted by Gasteiger charge is -2.46. The van der Waals surface area contributed by atoms with Gasteiger partial charge in [0.15, 0.2) is 0 Å². The van der Waals surface area contributed by atoms with E-state index in [1.54, 1.807) is 16.9 Å². The number of pyridine rings is 2. The highest BCUT2D eigenvalue weighted by atomic mass is 16.5. The van der Waals surface area contributed by atoms with Gasteiger partial charge in [-0.15, -0.1) is 0 Å². The van der Waals surface area contributed by atoms with Gasteiger partial charge < -0.3 is 10.5 Å². The number of piperazine rings is 1. The lowest BCUT2D eigenvalue weighted by Crippen LogP contribution is -2.54. The van der Waals surface area contributed by atoms with E-state index in [0.29, 0.717) is 24.0 Å². The van der Waals surface area contributed by atoms with Crippen LogP contribution in [-0.2, 0) is 4.79 Å². The number of nitrogens with zero attached hydrogens (tertiary/aromatic N) is 7. The van der Waals surface area contributed by atoms with E-state index >= 15 is 0 Å². The first-order chi connectivity index (χ1) is 18.9. The van der Waals surface area contributed by atoms with Crippen LogP contribution in [0.1, 0.15) is 51.0 Å².